The van der Waals surface area contributed by atoms with E-state index in [-0.39, 0.29) is 0 Å². The molecule has 0 bridgehead atoms. The van der Waals surface area contributed by atoms with Crippen molar-refractivity contribution in [3.63, 3.8) is 0 Å². The summed E-state index contributed by atoms with van der Waals surface area (Å²) in [5, 5.41) is 19.8. The molecule has 0 aromatic heterocycles. The summed E-state index contributed by atoms with van der Waals surface area (Å²) in [5.74, 6) is 0. The van der Waals surface area contributed by atoms with Crippen LogP contribution < -0.4 is 0 Å². The number of nitrogens with zero attached hydrogens (tertiary/aromatic N) is 1. The molecular formula is C24H17N. The third kappa shape index (κ3) is 1.67. The fourth-order valence-electron chi connectivity index (χ4n) is 4.57. The Labute approximate surface area is 146 Å². The van der Waals surface area contributed by atoms with Crippen LogP contribution in [0.15, 0.2) is 48.5 Å². The quantitative estimate of drug-likeness (QED) is 0.235. The fraction of sp³-hybridized carbons (Fsp3) is 0.125. The van der Waals surface area contributed by atoms with Gasteiger partial charge in [0.25, 0.3) is 0 Å². The summed E-state index contributed by atoms with van der Waals surface area (Å²) in [6.07, 6.45) is 0. The second kappa shape index (κ2) is 4.71. The average Bonchev–Trinajstić information content (AvgIpc) is 2.62. The molecule has 118 valence electrons. The highest BCUT2D eigenvalue weighted by atomic mass is 14.3. The topological polar surface area (TPSA) is 23.8 Å². The van der Waals surface area contributed by atoms with Crippen molar-refractivity contribution in [1.29, 1.82) is 5.26 Å². The van der Waals surface area contributed by atoms with E-state index < -0.39 is 0 Å². The lowest BCUT2D eigenvalue weighted by Crippen LogP contribution is -1.95. The number of benzene rings is 5. The van der Waals surface area contributed by atoms with Gasteiger partial charge in [-0.15, -0.1) is 0 Å². The van der Waals surface area contributed by atoms with Crippen molar-refractivity contribution in [2.45, 2.75) is 20.8 Å². The third-order valence-corrected chi connectivity index (χ3v) is 5.60. The number of hydrogen-bond acceptors (Lipinski definition) is 1. The molecule has 0 amide bonds. The van der Waals surface area contributed by atoms with E-state index in [0.717, 1.165) is 10.9 Å². The summed E-state index contributed by atoms with van der Waals surface area (Å²) < 4.78 is 0. The molecule has 0 saturated heterocycles. The third-order valence-electron chi connectivity index (χ3n) is 5.60. The minimum absolute atomic E-state index is 0.780. The number of rotatable bonds is 0. The number of hydrogen-bond donors (Lipinski definition) is 0. The lowest BCUT2D eigenvalue weighted by molar-refractivity contribution is 1.45. The molecule has 1 nitrogen and oxygen atoms in total. The maximum Gasteiger partial charge on any atom is 0.0998 e. The van der Waals surface area contributed by atoms with Gasteiger partial charge < -0.3 is 0 Å². The Morgan fingerprint density at radius 2 is 1.36 bits per heavy atom. The van der Waals surface area contributed by atoms with Gasteiger partial charge in [-0.1, -0.05) is 42.5 Å². The van der Waals surface area contributed by atoms with E-state index in [0.29, 0.717) is 0 Å². The second-order valence-electron chi connectivity index (χ2n) is 7.07. The summed E-state index contributed by atoms with van der Waals surface area (Å²) in [6, 6.07) is 19.8. The first-order chi connectivity index (χ1) is 12.1. The van der Waals surface area contributed by atoms with E-state index in [2.05, 4.69) is 75.4 Å². The van der Waals surface area contributed by atoms with E-state index >= 15 is 0 Å². The van der Waals surface area contributed by atoms with Crippen LogP contribution in [0.25, 0.3) is 43.1 Å². The molecule has 0 spiro atoms. The first-order valence-corrected chi connectivity index (χ1v) is 8.62. The minimum atomic E-state index is 0.780. The predicted octanol–water partition coefficient (Wildman–Crippen LogP) is 6.53. The molecule has 1 heteroatoms. The monoisotopic (exact) mass is 319 g/mol. The van der Waals surface area contributed by atoms with Gasteiger partial charge in [-0.25, -0.2) is 0 Å². The molecule has 0 unspecified atom stereocenters. The smallest absolute Gasteiger partial charge is 0.0998 e. The molecule has 5 aromatic rings. The van der Waals surface area contributed by atoms with E-state index in [1.165, 1.54) is 54.4 Å². The zero-order valence-corrected chi connectivity index (χ0v) is 14.6. The molecule has 0 aliphatic carbocycles. The Balaban J connectivity index is 2.33. The molecule has 5 rings (SSSR count). The molecule has 0 saturated carbocycles. The second-order valence-corrected chi connectivity index (χ2v) is 7.07. The van der Waals surface area contributed by atoms with Gasteiger partial charge in [0, 0.05) is 5.39 Å². The van der Waals surface area contributed by atoms with Gasteiger partial charge in [-0.05, 0) is 81.2 Å². The molecule has 0 atom stereocenters. The highest BCUT2D eigenvalue weighted by Gasteiger charge is 2.18. The van der Waals surface area contributed by atoms with Crippen LogP contribution >= 0.6 is 0 Å². The lowest BCUT2D eigenvalue weighted by atomic mass is 9.84. The van der Waals surface area contributed by atoms with Gasteiger partial charge in [0.1, 0.15) is 0 Å². The Hall–Kier alpha value is -3.11. The molecule has 25 heavy (non-hydrogen) atoms. The Bertz CT molecular complexity index is 1370. The van der Waals surface area contributed by atoms with Crippen molar-refractivity contribution in [1.82, 2.24) is 0 Å². The standard InChI is InChI=1S/C24H17N/c1-13-8-10-19-18-6-4-5-16-9-7-14(2)21(22(16)18)23-17(12-25)11-15(3)20(13)24(19)23/h4-11H,1-3H3. The molecule has 0 radical (unpaired) electrons. The molecule has 0 N–H and O–H groups in total. The highest BCUT2D eigenvalue weighted by molar-refractivity contribution is 6.35. The van der Waals surface area contributed by atoms with Gasteiger partial charge >= 0.3 is 0 Å². The number of aryl methyl sites for hydroxylation is 3. The maximum absolute atomic E-state index is 9.86. The minimum Gasteiger partial charge on any atom is -0.192 e. The number of nitriles is 1. The first kappa shape index (κ1) is 14.3. The highest BCUT2D eigenvalue weighted by Crippen LogP contribution is 2.44. The summed E-state index contributed by atoms with van der Waals surface area (Å²) in [6.45, 7) is 6.43. The maximum atomic E-state index is 9.86. The van der Waals surface area contributed by atoms with Gasteiger partial charge in [0.05, 0.1) is 11.6 Å². The molecule has 0 heterocycles. The zero-order valence-electron chi connectivity index (χ0n) is 14.6. The Kier molecular flexibility index (Phi) is 2.68. The average molecular weight is 319 g/mol. The van der Waals surface area contributed by atoms with Crippen LogP contribution in [0.2, 0.25) is 0 Å². The van der Waals surface area contributed by atoms with Crippen LogP contribution in [0.4, 0.5) is 0 Å². The lowest BCUT2D eigenvalue weighted by Gasteiger charge is -2.19. The molecule has 0 fully saturated rings. The Morgan fingerprint density at radius 3 is 2.16 bits per heavy atom. The van der Waals surface area contributed by atoms with E-state index in [1.807, 2.05) is 0 Å². The number of fused-ring (bicyclic) bond motifs is 2. The summed E-state index contributed by atoms with van der Waals surface area (Å²) in [5.41, 5.74) is 4.46. The molecule has 0 aliphatic rings. The van der Waals surface area contributed by atoms with Crippen LogP contribution in [0, 0.1) is 32.1 Å². The van der Waals surface area contributed by atoms with Crippen LogP contribution in [0.3, 0.4) is 0 Å². The van der Waals surface area contributed by atoms with Crippen molar-refractivity contribution < 1.29 is 0 Å². The van der Waals surface area contributed by atoms with Crippen molar-refractivity contribution >= 4 is 43.1 Å². The van der Waals surface area contributed by atoms with E-state index in [1.54, 1.807) is 0 Å². The van der Waals surface area contributed by atoms with E-state index in [4.69, 9.17) is 0 Å². The van der Waals surface area contributed by atoms with E-state index in [9.17, 15) is 5.26 Å². The van der Waals surface area contributed by atoms with Crippen molar-refractivity contribution in [2.75, 3.05) is 0 Å². The van der Waals surface area contributed by atoms with Crippen molar-refractivity contribution in [3.05, 3.63) is 70.8 Å². The van der Waals surface area contributed by atoms with Crippen molar-refractivity contribution in [2.24, 2.45) is 0 Å². The molecule has 0 aliphatic heterocycles. The van der Waals surface area contributed by atoms with Gasteiger partial charge in [-0.2, -0.15) is 5.26 Å². The molecular weight excluding hydrogens is 302 g/mol. The molecule has 5 aromatic carbocycles. The van der Waals surface area contributed by atoms with Gasteiger partial charge in [0.15, 0.2) is 0 Å². The zero-order chi connectivity index (χ0) is 17.3. The Morgan fingerprint density at radius 1 is 0.640 bits per heavy atom. The summed E-state index contributed by atoms with van der Waals surface area (Å²) in [4.78, 5) is 0. The van der Waals surface area contributed by atoms with Gasteiger partial charge in [-0.3, -0.25) is 0 Å². The van der Waals surface area contributed by atoms with Crippen LogP contribution in [0.1, 0.15) is 22.3 Å². The first-order valence-electron chi connectivity index (χ1n) is 8.62. The normalized spacial score (nSPS) is 11.8. The largest absolute Gasteiger partial charge is 0.192 e. The van der Waals surface area contributed by atoms with Crippen LogP contribution in [-0.4, -0.2) is 0 Å². The SMILES string of the molecule is Cc1ccc2c3cccc4ccc(C)c(c5c(C#N)cc(C)c1c25)c43. The van der Waals surface area contributed by atoms with Crippen LogP contribution in [0.5, 0.6) is 0 Å². The fourth-order valence-corrected chi connectivity index (χ4v) is 4.57. The summed E-state index contributed by atoms with van der Waals surface area (Å²) >= 11 is 0. The van der Waals surface area contributed by atoms with Crippen LogP contribution in [-0.2, 0) is 0 Å². The van der Waals surface area contributed by atoms with Gasteiger partial charge in [0.2, 0.25) is 0 Å². The van der Waals surface area contributed by atoms with Crippen molar-refractivity contribution in [3.8, 4) is 6.07 Å². The predicted molar refractivity (Wildman–Crippen MR) is 107 cm³/mol. The summed E-state index contributed by atoms with van der Waals surface area (Å²) in [7, 11) is 0.